The first-order chi connectivity index (χ1) is 10.7. The number of nitrogens with zero attached hydrogens (tertiary/aromatic N) is 2. The molecule has 1 aromatic heterocycles. The quantitative estimate of drug-likeness (QED) is 0.745. The summed E-state index contributed by atoms with van der Waals surface area (Å²) in [5.41, 5.74) is 2.11. The Balaban J connectivity index is 1.59. The van der Waals surface area contributed by atoms with Crippen molar-refractivity contribution in [1.29, 1.82) is 0 Å². The molecule has 6 heteroatoms. The van der Waals surface area contributed by atoms with E-state index >= 15 is 0 Å². The molecule has 0 aliphatic carbocycles. The van der Waals surface area contributed by atoms with Gasteiger partial charge >= 0.3 is 0 Å². The summed E-state index contributed by atoms with van der Waals surface area (Å²) in [6.45, 7) is 0.593. The average molecular weight is 334 g/mol. The first-order valence-corrected chi connectivity index (χ1v) is 7.89. The van der Waals surface area contributed by atoms with Crippen LogP contribution in [-0.4, -0.2) is 9.36 Å². The van der Waals surface area contributed by atoms with Crippen LogP contribution in [0.2, 0.25) is 5.02 Å². The maximum Gasteiger partial charge on any atom is 0.202 e. The Labute approximate surface area is 137 Å². The van der Waals surface area contributed by atoms with E-state index in [9.17, 15) is 4.39 Å². The third-order valence-corrected chi connectivity index (χ3v) is 4.06. The molecule has 0 saturated carbocycles. The zero-order valence-electron chi connectivity index (χ0n) is 11.6. The van der Waals surface area contributed by atoms with Gasteiger partial charge in [-0.3, -0.25) is 0 Å². The van der Waals surface area contributed by atoms with Crippen LogP contribution in [0.1, 0.15) is 17.0 Å². The lowest BCUT2D eigenvalue weighted by Crippen LogP contribution is -1.99. The van der Waals surface area contributed by atoms with E-state index in [1.165, 1.54) is 23.7 Å². The van der Waals surface area contributed by atoms with Crippen molar-refractivity contribution in [3.8, 4) is 0 Å². The molecule has 0 spiro atoms. The van der Waals surface area contributed by atoms with E-state index in [1.807, 2.05) is 24.3 Å². The normalized spacial score (nSPS) is 10.6. The molecule has 0 unspecified atom stereocenters. The average Bonchev–Trinajstić information content (AvgIpc) is 2.97. The molecule has 0 fully saturated rings. The van der Waals surface area contributed by atoms with E-state index in [0.29, 0.717) is 13.0 Å². The number of hydrogen-bond donors (Lipinski definition) is 1. The maximum atomic E-state index is 12.8. The van der Waals surface area contributed by atoms with E-state index < -0.39 is 0 Å². The number of rotatable bonds is 5. The molecule has 3 rings (SSSR count). The standard InChI is InChI=1S/C16H13ClFN3S/c17-13-5-1-11(2-6-13)9-15-20-16(22-21-15)19-10-12-3-7-14(18)8-4-12/h1-8H,9-10H2,(H,19,20,21). The van der Waals surface area contributed by atoms with E-state index in [0.717, 1.165) is 27.1 Å². The van der Waals surface area contributed by atoms with Crippen LogP contribution in [0.5, 0.6) is 0 Å². The monoisotopic (exact) mass is 333 g/mol. The molecule has 2 aromatic carbocycles. The van der Waals surface area contributed by atoms with Crippen molar-refractivity contribution in [2.24, 2.45) is 0 Å². The Morgan fingerprint density at radius 3 is 2.41 bits per heavy atom. The molecule has 112 valence electrons. The molecule has 0 amide bonds. The van der Waals surface area contributed by atoms with Gasteiger partial charge in [-0.05, 0) is 35.4 Å². The van der Waals surface area contributed by atoms with Crippen LogP contribution in [0.4, 0.5) is 9.52 Å². The van der Waals surface area contributed by atoms with E-state index in [1.54, 1.807) is 12.1 Å². The molecule has 0 atom stereocenters. The molecule has 3 nitrogen and oxygen atoms in total. The third kappa shape index (κ3) is 4.02. The topological polar surface area (TPSA) is 37.8 Å². The van der Waals surface area contributed by atoms with Gasteiger partial charge in [-0.15, -0.1) is 0 Å². The maximum absolute atomic E-state index is 12.8. The summed E-state index contributed by atoms with van der Waals surface area (Å²) in [7, 11) is 0. The zero-order chi connectivity index (χ0) is 15.4. The summed E-state index contributed by atoms with van der Waals surface area (Å²) in [5.74, 6) is 0.541. The SMILES string of the molecule is Fc1ccc(CNc2nc(Cc3ccc(Cl)cc3)ns2)cc1. The molecule has 0 aliphatic rings. The molecule has 0 aliphatic heterocycles. The molecular weight excluding hydrogens is 321 g/mol. The van der Waals surface area contributed by atoms with Gasteiger partial charge in [0.1, 0.15) is 11.6 Å². The molecule has 1 heterocycles. The molecule has 22 heavy (non-hydrogen) atoms. The van der Waals surface area contributed by atoms with Crippen LogP contribution in [0.25, 0.3) is 0 Å². The highest BCUT2D eigenvalue weighted by Gasteiger charge is 2.05. The van der Waals surface area contributed by atoms with Gasteiger partial charge in [-0.1, -0.05) is 35.9 Å². The number of anilines is 1. The van der Waals surface area contributed by atoms with Crippen LogP contribution in [-0.2, 0) is 13.0 Å². The number of hydrogen-bond acceptors (Lipinski definition) is 4. The number of nitrogens with one attached hydrogen (secondary N) is 1. The summed E-state index contributed by atoms with van der Waals surface area (Å²) in [4.78, 5) is 4.45. The van der Waals surface area contributed by atoms with E-state index in [4.69, 9.17) is 11.6 Å². The van der Waals surface area contributed by atoms with Crippen LogP contribution in [0.3, 0.4) is 0 Å². The second-order valence-electron chi connectivity index (χ2n) is 4.80. The van der Waals surface area contributed by atoms with Crippen molar-refractivity contribution in [2.75, 3.05) is 5.32 Å². The zero-order valence-corrected chi connectivity index (χ0v) is 13.2. The van der Waals surface area contributed by atoms with Gasteiger partial charge in [0, 0.05) is 29.5 Å². The van der Waals surface area contributed by atoms with Crippen molar-refractivity contribution >= 4 is 28.3 Å². The fourth-order valence-corrected chi connectivity index (χ4v) is 2.67. The second kappa shape index (κ2) is 6.85. The molecule has 0 saturated heterocycles. The Morgan fingerprint density at radius 2 is 1.68 bits per heavy atom. The summed E-state index contributed by atoms with van der Waals surface area (Å²) in [6.07, 6.45) is 0.673. The molecule has 0 bridgehead atoms. The molecule has 3 aromatic rings. The van der Waals surface area contributed by atoms with Gasteiger partial charge in [0.2, 0.25) is 5.13 Å². The van der Waals surface area contributed by atoms with Crippen LogP contribution in [0.15, 0.2) is 48.5 Å². The van der Waals surface area contributed by atoms with Gasteiger partial charge in [0.25, 0.3) is 0 Å². The highest BCUT2D eigenvalue weighted by atomic mass is 35.5. The van der Waals surface area contributed by atoms with Gasteiger partial charge in [-0.2, -0.15) is 4.37 Å². The van der Waals surface area contributed by atoms with Gasteiger partial charge < -0.3 is 5.32 Å². The first-order valence-electron chi connectivity index (χ1n) is 6.74. The van der Waals surface area contributed by atoms with E-state index in [-0.39, 0.29) is 5.82 Å². The molecule has 0 radical (unpaired) electrons. The lowest BCUT2D eigenvalue weighted by molar-refractivity contribution is 0.627. The Bertz CT molecular complexity index is 741. The number of aromatic nitrogens is 2. The summed E-state index contributed by atoms with van der Waals surface area (Å²) in [6, 6.07) is 14.0. The minimum Gasteiger partial charge on any atom is -0.356 e. The fourth-order valence-electron chi connectivity index (χ4n) is 1.96. The minimum atomic E-state index is -0.232. The second-order valence-corrected chi connectivity index (χ2v) is 5.99. The summed E-state index contributed by atoms with van der Waals surface area (Å²) in [5, 5.41) is 4.67. The van der Waals surface area contributed by atoms with Gasteiger partial charge in [0.05, 0.1) is 0 Å². The van der Waals surface area contributed by atoms with Crippen molar-refractivity contribution < 1.29 is 4.39 Å². The van der Waals surface area contributed by atoms with Crippen molar-refractivity contribution in [2.45, 2.75) is 13.0 Å². The largest absolute Gasteiger partial charge is 0.356 e. The van der Waals surface area contributed by atoms with Crippen molar-refractivity contribution in [1.82, 2.24) is 9.36 Å². The van der Waals surface area contributed by atoms with Gasteiger partial charge in [0.15, 0.2) is 0 Å². The van der Waals surface area contributed by atoms with E-state index in [2.05, 4.69) is 14.7 Å². The van der Waals surface area contributed by atoms with Crippen molar-refractivity contribution in [3.05, 3.63) is 76.3 Å². The minimum absolute atomic E-state index is 0.232. The Morgan fingerprint density at radius 1 is 1.00 bits per heavy atom. The highest BCUT2D eigenvalue weighted by molar-refractivity contribution is 7.09. The van der Waals surface area contributed by atoms with Crippen molar-refractivity contribution in [3.63, 3.8) is 0 Å². The Hall–Kier alpha value is -1.98. The Kier molecular flexibility index (Phi) is 4.65. The first kappa shape index (κ1) is 14.9. The van der Waals surface area contributed by atoms with Crippen LogP contribution >= 0.6 is 23.1 Å². The lowest BCUT2D eigenvalue weighted by atomic mass is 10.1. The smallest absolute Gasteiger partial charge is 0.202 e. The predicted octanol–water partition coefficient (Wildman–Crippen LogP) is 4.53. The lowest BCUT2D eigenvalue weighted by Gasteiger charge is -2.02. The molecule has 1 N–H and O–H groups in total. The highest BCUT2D eigenvalue weighted by Crippen LogP contribution is 2.17. The van der Waals surface area contributed by atoms with Crippen LogP contribution < -0.4 is 5.32 Å². The number of halogens is 2. The third-order valence-electron chi connectivity index (χ3n) is 3.10. The fraction of sp³-hybridized carbons (Fsp3) is 0.125. The van der Waals surface area contributed by atoms with Crippen LogP contribution in [0, 0.1) is 5.82 Å². The summed E-state index contributed by atoms with van der Waals surface area (Å²) < 4.78 is 17.2. The summed E-state index contributed by atoms with van der Waals surface area (Å²) >= 11 is 7.19. The predicted molar refractivity (Wildman–Crippen MR) is 87.9 cm³/mol. The molecular formula is C16H13ClFN3S. The number of benzene rings is 2. The van der Waals surface area contributed by atoms with Gasteiger partial charge in [-0.25, -0.2) is 9.37 Å².